The lowest BCUT2D eigenvalue weighted by Gasteiger charge is -2.07. The van der Waals surface area contributed by atoms with Crippen LogP contribution in [-0.4, -0.2) is 30.1 Å². The summed E-state index contributed by atoms with van der Waals surface area (Å²) in [4.78, 5) is 23.2. The first-order chi connectivity index (χ1) is 10.1. The second-order valence-electron chi connectivity index (χ2n) is 4.27. The fourth-order valence-corrected chi connectivity index (χ4v) is 1.80. The third-order valence-electron chi connectivity index (χ3n) is 2.81. The molecule has 0 aliphatic rings. The lowest BCUT2D eigenvalue weighted by atomic mass is 10.1. The molecule has 2 aromatic carbocycles. The van der Waals surface area contributed by atoms with Crippen LogP contribution in [0.1, 0.15) is 10.4 Å². The predicted molar refractivity (Wildman–Crippen MR) is 77.7 cm³/mol. The van der Waals surface area contributed by atoms with Crippen molar-refractivity contribution in [3.05, 3.63) is 42.0 Å². The van der Waals surface area contributed by atoms with E-state index >= 15 is 0 Å². The lowest BCUT2D eigenvalue weighted by Crippen LogP contribution is -2.29. The fraction of sp³-hybridized carbons (Fsp3) is 0.125. The number of carbonyl (C=O) groups is 2. The predicted octanol–water partition coefficient (Wildman–Crippen LogP) is 1.45. The number of hydrogen-bond acceptors (Lipinski definition) is 4. The first-order valence-electron chi connectivity index (χ1n) is 6.21. The second kappa shape index (κ2) is 6.44. The highest BCUT2D eigenvalue weighted by Gasteiger charge is 2.15. The maximum absolute atomic E-state index is 11.9. The van der Waals surface area contributed by atoms with Gasteiger partial charge in [0, 0.05) is 0 Å². The number of fused-ring (bicyclic) bond motifs is 1. The van der Waals surface area contributed by atoms with Crippen LogP contribution in [0.3, 0.4) is 0 Å². The molecule has 0 heterocycles. The zero-order valence-corrected chi connectivity index (χ0v) is 11.1. The van der Waals surface area contributed by atoms with Crippen molar-refractivity contribution < 1.29 is 19.4 Å². The molecule has 0 spiro atoms. The minimum atomic E-state index is -0.769. The summed E-state index contributed by atoms with van der Waals surface area (Å²) in [5, 5.41) is 13.8. The van der Waals surface area contributed by atoms with Crippen molar-refractivity contribution >= 4 is 22.6 Å². The highest BCUT2D eigenvalue weighted by molar-refractivity contribution is 5.99. The molecular formula is C16H13NO4. The SMILES string of the molecule is C#CCNC(=O)COC(=O)c1cc2ccccc2cc1O. The van der Waals surface area contributed by atoms with Gasteiger partial charge in [0.2, 0.25) is 0 Å². The molecule has 0 atom stereocenters. The van der Waals surface area contributed by atoms with E-state index in [0.29, 0.717) is 0 Å². The van der Waals surface area contributed by atoms with Crippen LogP contribution in [0.2, 0.25) is 0 Å². The zero-order chi connectivity index (χ0) is 15.2. The van der Waals surface area contributed by atoms with Crippen molar-refractivity contribution in [2.24, 2.45) is 0 Å². The Morgan fingerprint density at radius 3 is 2.57 bits per heavy atom. The summed E-state index contributed by atoms with van der Waals surface area (Å²) in [5.74, 6) is 0.775. The van der Waals surface area contributed by atoms with E-state index in [2.05, 4.69) is 11.2 Å². The molecule has 0 unspecified atom stereocenters. The summed E-state index contributed by atoms with van der Waals surface area (Å²) in [7, 11) is 0. The van der Waals surface area contributed by atoms with Crippen molar-refractivity contribution in [2.75, 3.05) is 13.2 Å². The number of carbonyl (C=O) groups excluding carboxylic acids is 2. The van der Waals surface area contributed by atoms with E-state index in [1.165, 1.54) is 12.1 Å². The number of phenols is 1. The monoisotopic (exact) mass is 283 g/mol. The number of terminal acetylenes is 1. The van der Waals surface area contributed by atoms with Gasteiger partial charge in [-0.25, -0.2) is 4.79 Å². The van der Waals surface area contributed by atoms with Crippen LogP contribution in [0.25, 0.3) is 10.8 Å². The third-order valence-corrected chi connectivity index (χ3v) is 2.81. The summed E-state index contributed by atoms with van der Waals surface area (Å²) in [6.45, 7) is -0.385. The zero-order valence-electron chi connectivity index (χ0n) is 11.1. The molecule has 0 saturated carbocycles. The Balaban J connectivity index is 2.11. The molecule has 0 aromatic heterocycles. The standard InChI is InChI=1S/C16H13NO4/c1-2-7-17-15(19)10-21-16(20)13-8-11-5-3-4-6-12(11)9-14(13)18/h1,3-6,8-9,18H,7,10H2,(H,17,19). The number of rotatable bonds is 4. The van der Waals surface area contributed by atoms with E-state index in [1.807, 2.05) is 24.3 Å². The maximum Gasteiger partial charge on any atom is 0.342 e. The Morgan fingerprint density at radius 2 is 1.90 bits per heavy atom. The van der Waals surface area contributed by atoms with Crippen LogP contribution in [0, 0.1) is 12.3 Å². The van der Waals surface area contributed by atoms with E-state index in [9.17, 15) is 14.7 Å². The smallest absolute Gasteiger partial charge is 0.342 e. The highest BCUT2D eigenvalue weighted by Crippen LogP contribution is 2.25. The molecular weight excluding hydrogens is 270 g/mol. The van der Waals surface area contributed by atoms with E-state index in [0.717, 1.165) is 10.8 Å². The molecule has 0 bridgehead atoms. The Morgan fingerprint density at radius 1 is 1.24 bits per heavy atom. The van der Waals surface area contributed by atoms with Crippen LogP contribution in [-0.2, 0) is 9.53 Å². The van der Waals surface area contributed by atoms with Gasteiger partial charge < -0.3 is 15.2 Å². The van der Waals surface area contributed by atoms with E-state index in [-0.39, 0.29) is 17.9 Å². The lowest BCUT2D eigenvalue weighted by molar-refractivity contribution is -0.123. The van der Waals surface area contributed by atoms with Crippen molar-refractivity contribution in [3.63, 3.8) is 0 Å². The molecule has 2 aromatic rings. The minimum absolute atomic E-state index is 0.0125. The molecule has 0 fully saturated rings. The second-order valence-corrected chi connectivity index (χ2v) is 4.27. The van der Waals surface area contributed by atoms with Gasteiger partial charge >= 0.3 is 5.97 Å². The van der Waals surface area contributed by atoms with Gasteiger partial charge in [-0.3, -0.25) is 4.79 Å². The largest absolute Gasteiger partial charge is 0.507 e. The van der Waals surface area contributed by atoms with Crippen LogP contribution in [0.15, 0.2) is 36.4 Å². The molecule has 21 heavy (non-hydrogen) atoms. The molecule has 5 heteroatoms. The first-order valence-corrected chi connectivity index (χ1v) is 6.21. The van der Waals surface area contributed by atoms with Crippen LogP contribution in [0.4, 0.5) is 0 Å². The van der Waals surface area contributed by atoms with Crippen LogP contribution < -0.4 is 5.32 Å². The average Bonchev–Trinajstić information content (AvgIpc) is 2.49. The summed E-state index contributed by atoms with van der Waals surface area (Å²) < 4.78 is 4.84. The minimum Gasteiger partial charge on any atom is -0.507 e. The van der Waals surface area contributed by atoms with Gasteiger partial charge in [-0.2, -0.15) is 0 Å². The van der Waals surface area contributed by atoms with Gasteiger partial charge in [0.25, 0.3) is 5.91 Å². The Labute approximate surface area is 121 Å². The topological polar surface area (TPSA) is 75.6 Å². The third kappa shape index (κ3) is 3.51. The Hall–Kier alpha value is -3.00. The quantitative estimate of drug-likeness (QED) is 0.658. The van der Waals surface area contributed by atoms with Crippen molar-refractivity contribution in [1.29, 1.82) is 0 Å². The first kappa shape index (κ1) is 14.4. The molecule has 5 nitrogen and oxygen atoms in total. The summed E-state index contributed by atoms with van der Waals surface area (Å²) in [5.41, 5.74) is 0.0125. The van der Waals surface area contributed by atoms with Crippen LogP contribution in [0.5, 0.6) is 5.75 Å². The van der Waals surface area contributed by atoms with Crippen molar-refractivity contribution in [3.8, 4) is 18.1 Å². The van der Waals surface area contributed by atoms with Crippen LogP contribution >= 0.6 is 0 Å². The number of phenolic OH excluding ortho intramolecular Hbond substituents is 1. The summed E-state index contributed by atoms with van der Waals surface area (Å²) in [6.07, 6.45) is 4.99. The number of ether oxygens (including phenoxy) is 1. The molecule has 0 aliphatic heterocycles. The number of aromatic hydroxyl groups is 1. The van der Waals surface area contributed by atoms with Gasteiger partial charge in [-0.15, -0.1) is 6.42 Å². The molecule has 106 valence electrons. The summed E-state index contributed by atoms with van der Waals surface area (Å²) >= 11 is 0. The number of amides is 1. The average molecular weight is 283 g/mol. The van der Waals surface area contributed by atoms with Crippen molar-refractivity contribution in [2.45, 2.75) is 0 Å². The fourth-order valence-electron chi connectivity index (χ4n) is 1.80. The van der Waals surface area contributed by atoms with Crippen molar-refractivity contribution in [1.82, 2.24) is 5.32 Å². The molecule has 1 amide bonds. The summed E-state index contributed by atoms with van der Waals surface area (Å²) in [6, 6.07) is 10.3. The molecule has 2 N–H and O–H groups in total. The molecule has 2 rings (SSSR count). The Bertz CT molecular complexity index is 731. The van der Waals surface area contributed by atoms with Gasteiger partial charge in [-0.05, 0) is 22.9 Å². The number of esters is 1. The number of hydrogen-bond donors (Lipinski definition) is 2. The van der Waals surface area contributed by atoms with Gasteiger partial charge in [0.1, 0.15) is 11.3 Å². The van der Waals surface area contributed by atoms with Gasteiger partial charge in [0.05, 0.1) is 6.54 Å². The van der Waals surface area contributed by atoms with E-state index < -0.39 is 18.5 Å². The van der Waals surface area contributed by atoms with E-state index in [1.54, 1.807) is 0 Å². The van der Waals surface area contributed by atoms with Gasteiger partial charge in [0.15, 0.2) is 6.61 Å². The Kier molecular flexibility index (Phi) is 4.42. The maximum atomic E-state index is 11.9. The van der Waals surface area contributed by atoms with Gasteiger partial charge in [-0.1, -0.05) is 30.2 Å². The molecule has 0 radical (unpaired) electrons. The number of nitrogens with one attached hydrogen (secondary N) is 1. The molecule has 0 aliphatic carbocycles. The number of benzene rings is 2. The van der Waals surface area contributed by atoms with E-state index in [4.69, 9.17) is 11.2 Å². The normalized spacial score (nSPS) is 9.86. The molecule has 0 saturated heterocycles. The highest BCUT2D eigenvalue weighted by atomic mass is 16.5.